The lowest BCUT2D eigenvalue weighted by molar-refractivity contribution is -0.117. The number of nitrogens with zero attached hydrogens (tertiary/aromatic N) is 1. The predicted octanol–water partition coefficient (Wildman–Crippen LogP) is 4.82. The molecule has 0 radical (unpaired) electrons. The van der Waals surface area contributed by atoms with Crippen molar-refractivity contribution in [2.24, 2.45) is 5.10 Å². The minimum Gasteiger partial charge on any atom is -0.317 e. The third kappa shape index (κ3) is 5.12. The first-order valence-electron chi connectivity index (χ1n) is 9.63. The maximum Gasteiger partial charge on any atom is 0.287 e. The van der Waals surface area contributed by atoms with Crippen LogP contribution in [-0.2, 0) is 4.79 Å². The number of rotatable bonds is 6. The van der Waals surface area contributed by atoms with Gasteiger partial charge in [0.25, 0.3) is 11.8 Å². The lowest BCUT2D eigenvalue weighted by Crippen LogP contribution is -2.32. The van der Waals surface area contributed by atoms with Crippen LogP contribution in [0.3, 0.4) is 0 Å². The molecular weight excluding hydrogens is 406 g/mol. The number of hydrogen-bond donors (Lipinski definition) is 2. The fourth-order valence-electron chi connectivity index (χ4n) is 3.04. The highest BCUT2D eigenvalue weighted by molar-refractivity contribution is 7.10. The van der Waals surface area contributed by atoms with E-state index in [0.29, 0.717) is 5.56 Å². The van der Waals surface area contributed by atoms with Gasteiger partial charge in [-0.3, -0.25) is 9.59 Å². The van der Waals surface area contributed by atoms with Gasteiger partial charge >= 0.3 is 0 Å². The Bertz CT molecular complexity index is 1260. The summed E-state index contributed by atoms with van der Waals surface area (Å²) in [5.41, 5.74) is 3.98. The quantitative estimate of drug-likeness (QED) is 0.264. The van der Waals surface area contributed by atoms with Crippen molar-refractivity contribution < 1.29 is 9.59 Å². The van der Waals surface area contributed by atoms with Gasteiger partial charge in [0.05, 0.1) is 6.21 Å². The molecule has 4 aromatic rings. The van der Waals surface area contributed by atoms with Crippen LogP contribution in [0.1, 0.15) is 20.8 Å². The van der Waals surface area contributed by atoms with Gasteiger partial charge < -0.3 is 5.32 Å². The Labute approximate surface area is 183 Å². The van der Waals surface area contributed by atoms with E-state index in [1.54, 1.807) is 36.6 Å². The SMILES string of the molecule is O=C(NN=Cc1cccc2ccccc12)/C(=C\c1cccs1)NC(=O)c1ccccc1. The number of carbonyl (C=O) groups excluding carboxylic acids is 2. The molecule has 31 heavy (non-hydrogen) atoms. The zero-order valence-corrected chi connectivity index (χ0v) is 17.3. The smallest absolute Gasteiger partial charge is 0.287 e. The van der Waals surface area contributed by atoms with Gasteiger partial charge in [-0.1, -0.05) is 66.7 Å². The van der Waals surface area contributed by atoms with Crippen LogP contribution in [-0.4, -0.2) is 18.0 Å². The van der Waals surface area contributed by atoms with Crippen LogP contribution in [0.25, 0.3) is 16.8 Å². The lowest BCUT2D eigenvalue weighted by atomic mass is 10.1. The molecule has 5 nitrogen and oxygen atoms in total. The average molecular weight is 426 g/mol. The molecule has 0 aliphatic rings. The first-order chi connectivity index (χ1) is 15.2. The molecule has 0 saturated carbocycles. The first-order valence-corrected chi connectivity index (χ1v) is 10.5. The summed E-state index contributed by atoms with van der Waals surface area (Å²) in [5, 5.41) is 10.8. The predicted molar refractivity (Wildman–Crippen MR) is 126 cm³/mol. The highest BCUT2D eigenvalue weighted by Gasteiger charge is 2.14. The Morgan fingerprint density at radius 2 is 1.61 bits per heavy atom. The van der Waals surface area contributed by atoms with Crippen LogP contribution in [0, 0.1) is 0 Å². The normalized spacial score (nSPS) is 11.5. The number of carbonyl (C=O) groups is 2. The average Bonchev–Trinajstić information content (AvgIpc) is 3.32. The molecular formula is C25H19N3O2S. The molecule has 0 saturated heterocycles. The Morgan fingerprint density at radius 1 is 0.839 bits per heavy atom. The fraction of sp³-hybridized carbons (Fsp3) is 0. The van der Waals surface area contributed by atoms with E-state index < -0.39 is 5.91 Å². The van der Waals surface area contributed by atoms with E-state index in [9.17, 15) is 9.59 Å². The molecule has 1 aromatic heterocycles. The van der Waals surface area contributed by atoms with Crippen molar-refractivity contribution in [3.8, 4) is 0 Å². The van der Waals surface area contributed by atoms with Gasteiger partial charge in [0, 0.05) is 16.0 Å². The molecule has 4 rings (SSSR count). The zero-order valence-electron chi connectivity index (χ0n) is 16.5. The Hall–Kier alpha value is -4.03. The van der Waals surface area contributed by atoms with Crippen molar-refractivity contribution in [1.82, 2.24) is 10.7 Å². The molecule has 6 heteroatoms. The topological polar surface area (TPSA) is 70.6 Å². The van der Waals surface area contributed by atoms with Crippen molar-refractivity contribution in [3.05, 3.63) is 112 Å². The Kier molecular flexibility index (Phi) is 6.30. The van der Waals surface area contributed by atoms with E-state index in [0.717, 1.165) is 21.2 Å². The summed E-state index contributed by atoms with van der Waals surface area (Å²) in [6, 6.07) is 26.3. The van der Waals surface area contributed by atoms with Gasteiger partial charge in [0.2, 0.25) is 0 Å². The summed E-state index contributed by atoms with van der Waals surface area (Å²) >= 11 is 1.47. The molecule has 0 bridgehead atoms. The highest BCUT2D eigenvalue weighted by Crippen LogP contribution is 2.17. The van der Waals surface area contributed by atoms with Crippen molar-refractivity contribution in [2.45, 2.75) is 0 Å². The monoisotopic (exact) mass is 425 g/mol. The second-order valence-corrected chi connectivity index (χ2v) is 7.64. The Balaban J connectivity index is 1.53. The third-order valence-corrected chi connectivity index (χ3v) is 5.37. The molecule has 2 amide bonds. The first kappa shape index (κ1) is 20.3. The van der Waals surface area contributed by atoms with E-state index in [4.69, 9.17) is 0 Å². The molecule has 2 N–H and O–H groups in total. The molecule has 0 aliphatic carbocycles. The fourth-order valence-corrected chi connectivity index (χ4v) is 3.70. The largest absolute Gasteiger partial charge is 0.317 e. The number of fused-ring (bicyclic) bond motifs is 1. The van der Waals surface area contributed by atoms with E-state index >= 15 is 0 Å². The van der Waals surface area contributed by atoms with Crippen LogP contribution < -0.4 is 10.7 Å². The minimum atomic E-state index is -0.505. The number of thiophene rings is 1. The van der Waals surface area contributed by atoms with Crippen LogP contribution in [0.2, 0.25) is 0 Å². The highest BCUT2D eigenvalue weighted by atomic mass is 32.1. The number of amides is 2. The molecule has 0 unspecified atom stereocenters. The molecule has 152 valence electrons. The second-order valence-electron chi connectivity index (χ2n) is 6.66. The molecule has 1 heterocycles. The van der Waals surface area contributed by atoms with Gasteiger partial charge in [-0.15, -0.1) is 11.3 Å². The molecule has 0 atom stereocenters. The summed E-state index contributed by atoms with van der Waals surface area (Å²) in [7, 11) is 0. The summed E-state index contributed by atoms with van der Waals surface area (Å²) in [6.07, 6.45) is 3.23. The standard InChI is InChI=1S/C25H19N3O2S/c29-24(19-9-2-1-3-10-19)27-23(16-21-13-7-15-31-21)25(30)28-26-17-20-12-6-11-18-8-4-5-14-22(18)20/h1-17H,(H,27,29)(H,28,30)/b23-16+,26-17?. The maximum atomic E-state index is 12.8. The van der Waals surface area contributed by atoms with Gasteiger partial charge in [-0.2, -0.15) is 5.10 Å². The maximum absolute atomic E-state index is 12.8. The number of hydrazone groups is 1. The van der Waals surface area contributed by atoms with Gasteiger partial charge in [-0.05, 0) is 40.4 Å². The third-order valence-electron chi connectivity index (χ3n) is 4.55. The van der Waals surface area contributed by atoms with Crippen LogP contribution in [0.4, 0.5) is 0 Å². The molecule has 0 spiro atoms. The molecule has 3 aromatic carbocycles. The van der Waals surface area contributed by atoms with Crippen molar-refractivity contribution in [1.29, 1.82) is 0 Å². The van der Waals surface area contributed by atoms with Crippen molar-refractivity contribution >= 4 is 46.2 Å². The Morgan fingerprint density at radius 3 is 2.42 bits per heavy atom. The number of nitrogens with one attached hydrogen (secondary N) is 2. The van der Waals surface area contributed by atoms with Crippen LogP contribution in [0.5, 0.6) is 0 Å². The lowest BCUT2D eigenvalue weighted by Gasteiger charge is -2.09. The summed E-state index contributed by atoms with van der Waals surface area (Å²) < 4.78 is 0. The number of hydrogen-bond acceptors (Lipinski definition) is 4. The van der Waals surface area contributed by atoms with Crippen LogP contribution in [0.15, 0.2) is 101 Å². The summed E-state index contributed by atoms with van der Waals surface area (Å²) in [6.45, 7) is 0. The summed E-state index contributed by atoms with van der Waals surface area (Å²) in [4.78, 5) is 26.2. The molecule has 0 aliphatic heterocycles. The van der Waals surface area contributed by atoms with Crippen molar-refractivity contribution in [2.75, 3.05) is 0 Å². The van der Waals surface area contributed by atoms with E-state index in [-0.39, 0.29) is 11.6 Å². The zero-order chi connectivity index (χ0) is 21.5. The van der Waals surface area contributed by atoms with Crippen LogP contribution >= 0.6 is 11.3 Å². The minimum absolute atomic E-state index is 0.117. The number of benzene rings is 3. The second kappa shape index (κ2) is 9.65. The van der Waals surface area contributed by atoms with Gasteiger partial charge in [0.1, 0.15) is 5.70 Å². The van der Waals surface area contributed by atoms with Gasteiger partial charge in [0.15, 0.2) is 0 Å². The van der Waals surface area contributed by atoms with Crippen molar-refractivity contribution in [3.63, 3.8) is 0 Å². The van der Waals surface area contributed by atoms with E-state index in [1.807, 2.05) is 66.0 Å². The van der Waals surface area contributed by atoms with E-state index in [1.165, 1.54) is 11.3 Å². The molecule has 0 fully saturated rings. The van der Waals surface area contributed by atoms with E-state index in [2.05, 4.69) is 15.8 Å². The van der Waals surface area contributed by atoms with Gasteiger partial charge in [-0.25, -0.2) is 5.43 Å². The summed E-state index contributed by atoms with van der Waals surface area (Å²) in [5.74, 6) is -0.870.